The van der Waals surface area contributed by atoms with Crippen molar-refractivity contribution in [1.29, 1.82) is 0 Å². The molecule has 0 saturated carbocycles. The molecule has 0 unspecified atom stereocenters. The summed E-state index contributed by atoms with van der Waals surface area (Å²) in [4.78, 5) is 12.6. The first-order chi connectivity index (χ1) is 9.60. The highest BCUT2D eigenvalue weighted by Gasteiger charge is 2.04. The zero-order valence-corrected chi connectivity index (χ0v) is 13.2. The predicted octanol–water partition coefficient (Wildman–Crippen LogP) is 5.02. The summed E-state index contributed by atoms with van der Waals surface area (Å²) >= 11 is 7.33. The minimum atomic E-state index is -0.0299. The van der Waals surface area contributed by atoms with E-state index in [4.69, 9.17) is 11.6 Å². The fraction of sp³-hybridized carbons (Fsp3) is 0.235. The van der Waals surface area contributed by atoms with Gasteiger partial charge in [-0.1, -0.05) is 35.9 Å². The van der Waals surface area contributed by atoms with Crippen molar-refractivity contribution >= 4 is 29.1 Å². The largest absolute Gasteiger partial charge is 0.293 e. The van der Waals surface area contributed by atoms with Crippen molar-refractivity contribution < 1.29 is 4.79 Å². The number of carbonyl (C=O) groups is 1. The molecule has 2 aromatic rings. The normalized spacial score (nSPS) is 10.6. The lowest BCUT2D eigenvalue weighted by Gasteiger charge is -2.07. The smallest absolute Gasteiger partial charge is 0.177 e. The van der Waals surface area contributed by atoms with Crippen molar-refractivity contribution in [2.24, 2.45) is 0 Å². The average molecular weight is 305 g/mol. The monoisotopic (exact) mass is 304 g/mol. The molecule has 20 heavy (non-hydrogen) atoms. The number of halogens is 1. The van der Waals surface area contributed by atoms with Crippen molar-refractivity contribution in [2.75, 3.05) is 5.88 Å². The SMILES string of the molecule is Cc1ccc(C)c(CSc2ccc(C(=O)CCl)cc2)c1. The van der Waals surface area contributed by atoms with Crippen LogP contribution in [0.5, 0.6) is 0 Å². The Bertz CT molecular complexity index is 605. The van der Waals surface area contributed by atoms with Crippen LogP contribution in [0.4, 0.5) is 0 Å². The zero-order chi connectivity index (χ0) is 14.5. The van der Waals surface area contributed by atoms with E-state index in [1.807, 2.05) is 24.3 Å². The predicted molar refractivity (Wildman–Crippen MR) is 87.0 cm³/mol. The summed E-state index contributed by atoms with van der Waals surface area (Å²) in [5.74, 6) is 0.948. The van der Waals surface area contributed by atoms with E-state index in [2.05, 4.69) is 32.0 Å². The molecule has 0 heterocycles. The topological polar surface area (TPSA) is 17.1 Å². The first kappa shape index (κ1) is 15.1. The van der Waals surface area contributed by atoms with E-state index in [0.29, 0.717) is 5.56 Å². The molecule has 0 aliphatic heterocycles. The molecule has 2 aromatic carbocycles. The molecule has 0 atom stereocenters. The Balaban J connectivity index is 2.04. The maximum absolute atomic E-state index is 11.4. The lowest BCUT2D eigenvalue weighted by atomic mass is 10.1. The maximum Gasteiger partial charge on any atom is 0.177 e. The van der Waals surface area contributed by atoms with E-state index in [1.165, 1.54) is 16.7 Å². The van der Waals surface area contributed by atoms with E-state index in [1.54, 1.807) is 11.8 Å². The molecule has 2 rings (SSSR count). The van der Waals surface area contributed by atoms with E-state index in [0.717, 1.165) is 10.6 Å². The minimum Gasteiger partial charge on any atom is -0.293 e. The summed E-state index contributed by atoms with van der Waals surface area (Å²) in [5, 5.41) is 0. The van der Waals surface area contributed by atoms with Crippen molar-refractivity contribution in [3.8, 4) is 0 Å². The van der Waals surface area contributed by atoms with Crippen LogP contribution >= 0.6 is 23.4 Å². The van der Waals surface area contributed by atoms with Gasteiger partial charge < -0.3 is 0 Å². The number of hydrogen-bond acceptors (Lipinski definition) is 2. The fourth-order valence-corrected chi connectivity index (χ4v) is 3.05. The molecule has 104 valence electrons. The third-order valence-corrected chi connectivity index (χ3v) is 4.50. The number of hydrogen-bond donors (Lipinski definition) is 0. The molecule has 0 aliphatic rings. The van der Waals surface area contributed by atoms with E-state index >= 15 is 0 Å². The number of ketones is 1. The van der Waals surface area contributed by atoms with Gasteiger partial charge in [0, 0.05) is 16.2 Å². The molecule has 0 radical (unpaired) electrons. The van der Waals surface area contributed by atoms with Gasteiger partial charge in [0.15, 0.2) is 5.78 Å². The van der Waals surface area contributed by atoms with Crippen LogP contribution in [-0.4, -0.2) is 11.7 Å². The molecule has 0 aromatic heterocycles. The van der Waals surface area contributed by atoms with Crippen LogP contribution < -0.4 is 0 Å². The van der Waals surface area contributed by atoms with Crippen LogP contribution in [0.15, 0.2) is 47.4 Å². The molecule has 1 nitrogen and oxygen atoms in total. The Morgan fingerprint density at radius 1 is 1.10 bits per heavy atom. The van der Waals surface area contributed by atoms with E-state index in [-0.39, 0.29) is 11.7 Å². The van der Waals surface area contributed by atoms with Crippen LogP contribution in [0.1, 0.15) is 27.0 Å². The van der Waals surface area contributed by atoms with Crippen LogP contribution in [0, 0.1) is 13.8 Å². The molecule has 0 spiro atoms. The standard InChI is InChI=1S/C17H17ClOS/c1-12-3-4-13(2)15(9-12)11-20-16-7-5-14(6-8-16)17(19)10-18/h3-9H,10-11H2,1-2H3. The molecule has 0 saturated heterocycles. The highest BCUT2D eigenvalue weighted by atomic mass is 35.5. The van der Waals surface area contributed by atoms with E-state index in [9.17, 15) is 4.79 Å². The van der Waals surface area contributed by atoms with Gasteiger partial charge in [-0.3, -0.25) is 4.79 Å². The van der Waals surface area contributed by atoms with Gasteiger partial charge in [-0.25, -0.2) is 0 Å². The summed E-state index contributed by atoms with van der Waals surface area (Å²) in [6, 6.07) is 14.2. The lowest BCUT2D eigenvalue weighted by molar-refractivity contribution is 0.102. The molecular weight excluding hydrogens is 288 g/mol. The minimum absolute atomic E-state index is 0.0299. The van der Waals surface area contributed by atoms with Gasteiger partial charge in [0.1, 0.15) is 0 Å². The average Bonchev–Trinajstić information content (AvgIpc) is 2.48. The second-order valence-corrected chi connectivity index (χ2v) is 6.12. The van der Waals surface area contributed by atoms with Crippen molar-refractivity contribution in [3.05, 3.63) is 64.7 Å². The van der Waals surface area contributed by atoms with Gasteiger partial charge in [-0.15, -0.1) is 23.4 Å². The zero-order valence-electron chi connectivity index (χ0n) is 11.7. The summed E-state index contributed by atoms with van der Waals surface area (Å²) in [7, 11) is 0. The van der Waals surface area contributed by atoms with Crippen LogP contribution in [-0.2, 0) is 5.75 Å². The second kappa shape index (κ2) is 6.96. The highest BCUT2D eigenvalue weighted by molar-refractivity contribution is 7.98. The summed E-state index contributed by atoms with van der Waals surface area (Å²) < 4.78 is 0. The van der Waals surface area contributed by atoms with Crippen molar-refractivity contribution in [1.82, 2.24) is 0 Å². The first-order valence-corrected chi connectivity index (χ1v) is 8.00. The third-order valence-electron chi connectivity index (χ3n) is 3.20. The molecule has 0 N–H and O–H groups in total. The van der Waals surface area contributed by atoms with Crippen LogP contribution in [0.3, 0.4) is 0 Å². The van der Waals surface area contributed by atoms with E-state index < -0.39 is 0 Å². The number of alkyl halides is 1. The molecule has 0 fully saturated rings. The Morgan fingerprint density at radius 3 is 2.45 bits per heavy atom. The lowest BCUT2D eigenvalue weighted by Crippen LogP contribution is -1.99. The van der Waals surface area contributed by atoms with Crippen LogP contribution in [0.25, 0.3) is 0 Å². The highest BCUT2D eigenvalue weighted by Crippen LogP contribution is 2.25. The Morgan fingerprint density at radius 2 is 1.80 bits per heavy atom. The molecular formula is C17H17ClOS. The maximum atomic E-state index is 11.4. The van der Waals surface area contributed by atoms with Gasteiger partial charge in [-0.05, 0) is 37.1 Å². The number of carbonyl (C=O) groups excluding carboxylic acids is 1. The summed E-state index contributed by atoms with van der Waals surface area (Å²) in [6.45, 7) is 4.25. The Kier molecular flexibility index (Phi) is 5.27. The number of benzene rings is 2. The van der Waals surface area contributed by atoms with Gasteiger partial charge in [-0.2, -0.15) is 0 Å². The second-order valence-electron chi connectivity index (χ2n) is 4.80. The molecule has 0 bridgehead atoms. The summed E-state index contributed by atoms with van der Waals surface area (Å²) in [5.41, 5.74) is 4.64. The number of aryl methyl sites for hydroxylation is 2. The number of Topliss-reactive ketones (excluding diaryl/α,β-unsaturated/α-hetero) is 1. The molecule has 0 amide bonds. The fourth-order valence-electron chi connectivity index (χ4n) is 1.93. The van der Waals surface area contributed by atoms with Gasteiger partial charge in [0.2, 0.25) is 0 Å². The third kappa shape index (κ3) is 3.87. The van der Waals surface area contributed by atoms with Gasteiger partial charge in [0.25, 0.3) is 0 Å². The Labute approximate surface area is 129 Å². The number of thioether (sulfide) groups is 1. The molecule has 3 heteroatoms. The quantitative estimate of drug-likeness (QED) is 0.438. The molecule has 0 aliphatic carbocycles. The van der Waals surface area contributed by atoms with Gasteiger partial charge in [0.05, 0.1) is 5.88 Å². The van der Waals surface area contributed by atoms with Crippen molar-refractivity contribution in [3.63, 3.8) is 0 Å². The van der Waals surface area contributed by atoms with Crippen molar-refractivity contribution in [2.45, 2.75) is 24.5 Å². The number of rotatable bonds is 5. The Hall–Kier alpha value is -1.25. The summed E-state index contributed by atoms with van der Waals surface area (Å²) in [6.07, 6.45) is 0. The van der Waals surface area contributed by atoms with Gasteiger partial charge >= 0.3 is 0 Å². The first-order valence-electron chi connectivity index (χ1n) is 6.48. The van der Waals surface area contributed by atoms with Crippen LogP contribution in [0.2, 0.25) is 0 Å².